The Hall–Kier alpha value is -0.860. The molecule has 1 aromatic carbocycles. The SMILES string of the molecule is O=C(NN1CCCCC1)C1CCN(S(=O)(=O)c2c(Cl)cccc2Cl)CC1. The lowest BCUT2D eigenvalue weighted by Crippen LogP contribution is -2.49. The van der Waals surface area contributed by atoms with Crippen molar-refractivity contribution in [3.8, 4) is 0 Å². The van der Waals surface area contributed by atoms with Crippen LogP contribution in [0.4, 0.5) is 0 Å². The predicted molar refractivity (Wildman–Crippen MR) is 102 cm³/mol. The van der Waals surface area contributed by atoms with Gasteiger partial charge < -0.3 is 0 Å². The van der Waals surface area contributed by atoms with Crippen LogP contribution in [0.3, 0.4) is 0 Å². The van der Waals surface area contributed by atoms with E-state index in [1.165, 1.54) is 22.9 Å². The van der Waals surface area contributed by atoms with E-state index in [-0.39, 0.29) is 39.9 Å². The Labute approximate surface area is 164 Å². The third-order valence-corrected chi connectivity index (χ3v) is 7.82. The molecule has 144 valence electrons. The summed E-state index contributed by atoms with van der Waals surface area (Å²) in [5, 5.41) is 2.20. The monoisotopic (exact) mass is 419 g/mol. The normalized spacial score (nSPS) is 20.8. The molecule has 2 aliphatic rings. The molecule has 3 rings (SSSR count). The standard InChI is InChI=1S/C17H23Cl2N3O3S/c18-14-5-4-6-15(19)16(14)26(24,25)22-11-7-13(8-12-22)17(23)20-21-9-2-1-3-10-21/h4-6,13H,1-3,7-12H2,(H,20,23). The van der Waals surface area contributed by atoms with E-state index in [2.05, 4.69) is 5.43 Å². The van der Waals surface area contributed by atoms with Crippen LogP contribution in [-0.4, -0.2) is 49.8 Å². The van der Waals surface area contributed by atoms with Crippen LogP contribution in [0.1, 0.15) is 32.1 Å². The average Bonchev–Trinajstić information content (AvgIpc) is 2.62. The molecule has 1 amide bonds. The van der Waals surface area contributed by atoms with Gasteiger partial charge in [0.2, 0.25) is 15.9 Å². The average molecular weight is 420 g/mol. The van der Waals surface area contributed by atoms with E-state index in [1.54, 1.807) is 6.07 Å². The molecule has 0 aromatic heterocycles. The van der Waals surface area contributed by atoms with Crippen molar-refractivity contribution in [1.29, 1.82) is 0 Å². The minimum absolute atomic E-state index is 0.0141. The highest BCUT2D eigenvalue weighted by Crippen LogP contribution is 2.33. The van der Waals surface area contributed by atoms with E-state index in [0.29, 0.717) is 12.8 Å². The first-order valence-electron chi connectivity index (χ1n) is 8.89. The molecule has 6 nitrogen and oxygen atoms in total. The van der Waals surface area contributed by atoms with Crippen LogP contribution in [0.15, 0.2) is 23.1 Å². The highest BCUT2D eigenvalue weighted by Gasteiger charge is 2.34. The molecular formula is C17H23Cl2N3O3S. The van der Waals surface area contributed by atoms with Crippen molar-refractivity contribution in [2.24, 2.45) is 5.92 Å². The van der Waals surface area contributed by atoms with E-state index in [4.69, 9.17) is 23.2 Å². The topological polar surface area (TPSA) is 69.7 Å². The molecule has 2 aliphatic heterocycles. The zero-order chi connectivity index (χ0) is 18.7. The lowest BCUT2D eigenvalue weighted by Gasteiger charge is -2.33. The summed E-state index contributed by atoms with van der Waals surface area (Å²) in [6, 6.07) is 4.64. The number of amides is 1. The fourth-order valence-corrected chi connectivity index (χ4v) is 6.03. The maximum Gasteiger partial charge on any atom is 0.246 e. The Morgan fingerprint density at radius 2 is 1.58 bits per heavy atom. The minimum atomic E-state index is -3.77. The van der Waals surface area contributed by atoms with Crippen molar-refractivity contribution in [2.75, 3.05) is 26.2 Å². The zero-order valence-electron chi connectivity index (χ0n) is 14.5. The number of rotatable bonds is 4. The Morgan fingerprint density at radius 3 is 2.15 bits per heavy atom. The van der Waals surface area contributed by atoms with Gasteiger partial charge in [0.25, 0.3) is 0 Å². The number of sulfonamides is 1. The number of hydrogen-bond acceptors (Lipinski definition) is 4. The second kappa shape index (κ2) is 8.44. The summed E-state index contributed by atoms with van der Waals surface area (Å²) in [6.45, 7) is 2.32. The van der Waals surface area contributed by atoms with Crippen molar-refractivity contribution in [1.82, 2.24) is 14.7 Å². The van der Waals surface area contributed by atoms with Crippen LogP contribution in [0.5, 0.6) is 0 Å². The first-order chi connectivity index (χ1) is 12.4. The summed E-state index contributed by atoms with van der Waals surface area (Å²) in [5.41, 5.74) is 2.98. The van der Waals surface area contributed by atoms with E-state index in [1.807, 2.05) is 5.01 Å². The number of nitrogens with zero attached hydrogens (tertiary/aromatic N) is 2. The summed E-state index contributed by atoms with van der Waals surface area (Å²) in [4.78, 5) is 12.4. The van der Waals surface area contributed by atoms with Gasteiger partial charge in [0.05, 0.1) is 10.0 Å². The largest absolute Gasteiger partial charge is 0.289 e. The molecule has 0 atom stereocenters. The van der Waals surface area contributed by atoms with Gasteiger partial charge in [0, 0.05) is 32.1 Å². The number of halogens is 2. The Balaban J connectivity index is 1.61. The summed E-state index contributed by atoms with van der Waals surface area (Å²) in [6.07, 6.45) is 4.36. The maximum absolute atomic E-state index is 12.9. The molecule has 0 bridgehead atoms. The van der Waals surface area contributed by atoms with E-state index < -0.39 is 10.0 Å². The van der Waals surface area contributed by atoms with E-state index >= 15 is 0 Å². The van der Waals surface area contributed by atoms with Gasteiger partial charge in [-0.1, -0.05) is 35.7 Å². The van der Waals surface area contributed by atoms with Gasteiger partial charge in [-0.3, -0.25) is 10.2 Å². The molecular weight excluding hydrogens is 397 g/mol. The van der Waals surface area contributed by atoms with E-state index in [0.717, 1.165) is 25.9 Å². The molecule has 2 fully saturated rings. The molecule has 26 heavy (non-hydrogen) atoms. The third kappa shape index (κ3) is 4.34. The van der Waals surface area contributed by atoms with Gasteiger partial charge in [-0.25, -0.2) is 13.4 Å². The summed E-state index contributed by atoms with van der Waals surface area (Å²) >= 11 is 12.1. The number of hydrazine groups is 1. The first-order valence-corrected chi connectivity index (χ1v) is 11.1. The second-order valence-corrected chi connectivity index (χ2v) is 9.44. The zero-order valence-corrected chi connectivity index (χ0v) is 16.8. The van der Waals surface area contributed by atoms with Crippen LogP contribution in [0.2, 0.25) is 10.0 Å². The number of hydrogen-bond donors (Lipinski definition) is 1. The van der Waals surface area contributed by atoms with Crippen LogP contribution in [-0.2, 0) is 14.8 Å². The van der Waals surface area contributed by atoms with Gasteiger partial charge >= 0.3 is 0 Å². The van der Waals surface area contributed by atoms with Gasteiger partial charge in [-0.05, 0) is 37.8 Å². The molecule has 1 N–H and O–H groups in total. The highest BCUT2D eigenvalue weighted by atomic mass is 35.5. The molecule has 2 saturated heterocycles. The quantitative estimate of drug-likeness (QED) is 0.814. The highest BCUT2D eigenvalue weighted by molar-refractivity contribution is 7.89. The molecule has 0 radical (unpaired) electrons. The summed E-state index contributed by atoms with van der Waals surface area (Å²) < 4.78 is 27.1. The molecule has 0 spiro atoms. The van der Waals surface area contributed by atoms with Crippen molar-refractivity contribution < 1.29 is 13.2 Å². The summed E-state index contributed by atoms with van der Waals surface area (Å²) in [7, 11) is -3.77. The lowest BCUT2D eigenvalue weighted by atomic mass is 9.97. The van der Waals surface area contributed by atoms with Gasteiger partial charge in [0.15, 0.2) is 0 Å². The number of nitrogens with one attached hydrogen (secondary N) is 1. The number of carbonyl (C=O) groups excluding carboxylic acids is 1. The van der Waals surface area contributed by atoms with Crippen molar-refractivity contribution in [3.05, 3.63) is 28.2 Å². The molecule has 0 unspecified atom stereocenters. The van der Waals surface area contributed by atoms with Gasteiger partial charge in [-0.15, -0.1) is 0 Å². The predicted octanol–water partition coefficient (Wildman–Crippen LogP) is 2.91. The molecule has 0 aliphatic carbocycles. The van der Waals surface area contributed by atoms with Crippen LogP contribution >= 0.6 is 23.2 Å². The third-order valence-electron chi connectivity index (χ3n) is 4.97. The van der Waals surface area contributed by atoms with E-state index in [9.17, 15) is 13.2 Å². The first kappa shape index (κ1) is 19.9. The number of carbonyl (C=O) groups is 1. The van der Waals surface area contributed by atoms with Crippen LogP contribution in [0, 0.1) is 5.92 Å². The smallest absolute Gasteiger partial charge is 0.246 e. The second-order valence-electron chi connectivity index (χ2n) is 6.75. The lowest BCUT2D eigenvalue weighted by molar-refractivity contribution is -0.131. The number of benzene rings is 1. The fourth-order valence-electron chi connectivity index (χ4n) is 3.47. The van der Waals surface area contributed by atoms with Crippen molar-refractivity contribution >= 4 is 39.1 Å². The molecule has 2 heterocycles. The van der Waals surface area contributed by atoms with Crippen molar-refractivity contribution in [2.45, 2.75) is 37.0 Å². The number of piperidine rings is 2. The Morgan fingerprint density at radius 1 is 1.00 bits per heavy atom. The maximum atomic E-state index is 12.9. The van der Waals surface area contributed by atoms with Crippen molar-refractivity contribution in [3.63, 3.8) is 0 Å². The summed E-state index contributed by atoms with van der Waals surface area (Å²) in [5.74, 6) is -0.190. The van der Waals surface area contributed by atoms with Crippen LogP contribution in [0.25, 0.3) is 0 Å². The van der Waals surface area contributed by atoms with Gasteiger partial charge in [-0.2, -0.15) is 4.31 Å². The fraction of sp³-hybridized carbons (Fsp3) is 0.588. The van der Waals surface area contributed by atoms with Crippen LogP contribution < -0.4 is 5.43 Å². The minimum Gasteiger partial charge on any atom is -0.289 e. The Kier molecular flexibility index (Phi) is 6.45. The molecule has 0 saturated carbocycles. The molecule has 9 heteroatoms. The Bertz CT molecular complexity index is 738. The molecule has 1 aromatic rings. The van der Waals surface area contributed by atoms with Gasteiger partial charge in [0.1, 0.15) is 4.90 Å².